The normalized spacial score (nSPS) is 15.5. The predicted molar refractivity (Wildman–Crippen MR) is 86.0 cm³/mol. The molecule has 1 amide bonds. The minimum Gasteiger partial charge on any atom is -0.379 e. The van der Waals surface area contributed by atoms with Crippen molar-refractivity contribution in [2.24, 2.45) is 0 Å². The van der Waals surface area contributed by atoms with Crippen molar-refractivity contribution in [2.75, 3.05) is 39.4 Å². The van der Waals surface area contributed by atoms with Crippen LogP contribution in [0.1, 0.15) is 16.8 Å². The molecule has 0 aromatic carbocycles. The second kappa shape index (κ2) is 7.85. The molecule has 0 radical (unpaired) electrons. The topological polar surface area (TPSA) is 83.1 Å². The molecule has 0 atom stereocenters. The summed E-state index contributed by atoms with van der Waals surface area (Å²) in [6, 6.07) is 3.61. The van der Waals surface area contributed by atoms with Gasteiger partial charge in [-0.25, -0.2) is 0 Å². The summed E-state index contributed by atoms with van der Waals surface area (Å²) < 4.78 is 5.31. The van der Waals surface area contributed by atoms with Gasteiger partial charge >= 0.3 is 0 Å². The second-order valence-corrected chi connectivity index (χ2v) is 5.48. The Morgan fingerprint density at radius 1 is 1.30 bits per heavy atom. The Morgan fingerprint density at radius 3 is 2.87 bits per heavy atom. The van der Waals surface area contributed by atoms with Gasteiger partial charge in [-0.3, -0.25) is 19.8 Å². The first-order valence-corrected chi connectivity index (χ1v) is 7.86. The number of hydrogen-bond donors (Lipinski definition) is 2. The highest BCUT2D eigenvalue weighted by Crippen LogP contribution is 2.14. The summed E-state index contributed by atoms with van der Waals surface area (Å²) in [6.07, 6.45) is 6.01. The number of nitrogens with one attached hydrogen (secondary N) is 2. The van der Waals surface area contributed by atoms with E-state index in [1.54, 1.807) is 24.7 Å². The van der Waals surface area contributed by atoms with E-state index in [2.05, 4.69) is 25.4 Å². The third kappa shape index (κ3) is 4.37. The number of rotatable bonds is 6. The molecule has 3 rings (SSSR count). The van der Waals surface area contributed by atoms with Gasteiger partial charge in [0.2, 0.25) is 0 Å². The van der Waals surface area contributed by atoms with Crippen LogP contribution in [0.25, 0.3) is 11.3 Å². The Hall–Kier alpha value is -2.25. The lowest BCUT2D eigenvalue weighted by Crippen LogP contribution is -2.38. The number of aromatic amines is 1. The van der Waals surface area contributed by atoms with Crippen molar-refractivity contribution in [3.05, 3.63) is 36.3 Å². The number of morpholine rings is 1. The van der Waals surface area contributed by atoms with Crippen molar-refractivity contribution in [2.45, 2.75) is 6.42 Å². The molecule has 0 aliphatic carbocycles. The molecule has 1 fully saturated rings. The average molecular weight is 315 g/mol. The lowest BCUT2D eigenvalue weighted by atomic mass is 10.2. The standard InChI is InChI=1S/C16H21N5O2/c22-16(17-4-1-5-21-6-8-23-9-7-21)13-2-3-15(18-10-13)14-11-19-20-12-14/h2-3,10-12H,1,4-9H2,(H,17,22)(H,19,20). The summed E-state index contributed by atoms with van der Waals surface area (Å²) in [5.74, 6) is -0.0850. The van der Waals surface area contributed by atoms with Gasteiger partial charge in [0.05, 0.1) is 30.7 Å². The molecule has 2 aromatic heterocycles. The van der Waals surface area contributed by atoms with Gasteiger partial charge in [-0.15, -0.1) is 0 Å². The molecule has 3 heterocycles. The third-order valence-electron chi connectivity index (χ3n) is 3.86. The lowest BCUT2D eigenvalue weighted by Gasteiger charge is -2.26. The number of carbonyl (C=O) groups is 1. The summed E-state index contributed by atoms with van der Waals surface area (Å²) in [5, 5.41) is 9.57. The first-order chi connectivity index (χ1) is 11.3. The average Bonchev–Trinajstić information content (AvgIpc) is 3.14. The van der Waals surface area contributed by atoms with Crippen molar-refractivity contribution in [1.29, 1.82) is 0 Å². The van der Waals surface area contributed by atoms with Gasteiger partial charge in [-0.2, -0.15) is 5.10 Å². The van der Waals surface area contributed by atoms with Crippen LogP contribution in [0.3, 0.4) is 0 Å². The second-order valence-electron chi connectivity index (χ2n) is 5.48. The van der Waals surface area contributed by atoms with Crippen LogP contribution in [0.15, 0.2) is 30.7 Å². The Kier molecular flexibility index (Phi) is 5.33. The molecule has 1 aliphatic rings. The van der Waals surface area contributed by atoms with Crippen molar-refractivity contribution < 1.29 is 9.53 Å². The summed E-state index contributed by atoms with van der Waals surface area (Å²) in [6.45, 7) is 5.23. The van der Waals surface area contributed by atoms with Gasteiger partial charge in [0.1, 0.15) is 0 Å². The van der Waals surface area contributed by atoms with Crippen molar-refractivity contribution in [3.63, 3.8) is 0 Å². The predicted octanol–water partition coefficient (Wildman–Crippen LogP) is 0.924. The summed E-state index contributed by atoms with van der Waals surface area (Å²) >= 11 is 0. The molecule has 23 heavy (non-hydrogen) atoms. The van der Waals surface area contributed by atoms with E-state index in [-0.39, 0.29) is 5.91 Å². The van der Waals surface area contributed by atoms with Gasteiger partial charge in [0.15, 0.2) is 0 Å². The van der Waals surface area contributed by atoms with E-state index in [0.29, 0.717) is 12.1 Å². The largest absolute Gasteiger partial charge is 0.379 e. The van der Waals surface area contributed by atoms with Crippen LogP contribution in [0.5, 0.6) is 0 Å². The van der Waals surface area contributed by atoms with E-state index in [1.807, 2.05) is 6.07 Å². The van der Waals surface area contributed by atoms with Crippen LogP contribution >= 0.6 is 0 Å². The number of hydrogen-bond acceptors (Lipinski definition) is 5. The first kappa shape index (κ1) is 15.6. The summed E-state index contributed by atoms with van der Waals surface area (Å²) in [7, 11) is 0. The number of pyridine rings is 1. The van der Waals surface area contributed by atoms with Crippen molar-refractivity contribution in [1.82, 2.24) is 25.4 Å². The minimum absolute atomic E-state index is 0.0850. The number of H-pyrrole nitrogens is 1. The number of carbonyl (C=O) groups excluding carboxylic acids is 1. The SMILES string of the molecule is O=C(NCCCN1CCOCC1)c1ccc(-c2cn[nH]c2)nc1. The molecule has 122 valence electrons. The lowest BCUT2D eigenvalue weighted by molar-refractivity contribution is 0.0374. The minimum atomic E-state index is -0.0850. The Morgan fingerprint density at radius 2 is 2.17 bits per heavy atom. The molecule has 0 unspecified atom stereocenters. The van der Waals surface area contributed by atoms with Gasteiger partial charge in [0.25, 0.3) is 5.91 Å². The van der Waals surface area contributed by atoms with Crippen molar-refractivity contribution >= 4 is 5.91 Å². The molecule has 1 saturated heterocycles. The Labute approximate surface area is 135 Å². The molecule has 7 heteroatoms. The van der Waals surface area contributed by atoms with E-state index >= 15 is 0 Å². The number of nitrogens with zero attached hydrogens (tertiary/aromatic N) is 3. The monoisotopic (exact) mass is 315 g/mol. The van der Waals surface area contributed by atoms with E-state index in [9.17, 15) is 4.79 Å². The zero-order valence-electron chi connectivity index (χ0n) is 13.0. The van der Waals surface area contributed by atoms with Crippen LogP contribution in [0, 0.1) is 0 Å². The highest BCUT2D eigenvalue weighted by atomic mass is 16.5. The molecule has 0 bridgehead atoms. The van der Waals surface area contributed by atoms with Crippen LogP contribution in [-0.2, 0) is 4.74 Å². The van der Waals surface area contributed by atoms with Crippen LogP contribution in [0.4, 0.5) is 0 Å². The Bertz CT molecular complexity index is 606. The highest BCUT2D eigenvalue weighted by Gasteiger charge is 2.10. The number of amides is 1. The molecule has 0 saturated carbocycles. The maximum absolute atomic E-state index is 12.1. The van der Waals surface area contributed by atoms with E-state index in [4.69, 9.17) is 4.74 Å². The molecular formula is C16H21N5O2. The maximum Gasteiger partial charge on any atom is 0.252 e. The fraction of sp³-hybridized carbons (Fsp3) is 0.438. The van der Waals surface area contributed by atoms with Gasteiger partial charge < -0.3 is 10.1 Å². The third-order valence-corrected chi connectivity index (χ3v) is 3.86. The maximum atomic E-state index is 12.1. The number of aromatic nitrogens is 3. The zero-order chi connectivity index (χ0) is 15.9. The van der Waals surface area contributed by atoms with Crippen molar-refractivity contribution in [3.8, 4) is 11.3 Å². The van der Waals surface area contributed by atoms with E-state index in [1.165, 1.54) is 0 Å². The fourth-order valence-corrected chi connectivity index (χ4v) is 2.52. The molecule has 2 aromatic rings. The van der Waals surface area contributed by atoms with Gasteiger partial charge in [-0.05, 0) is 25.1 Å². The number of ether oxygens (including phenoxy) is 1. The van der Waals surface area contributed by atoms with E-state index < -0.39 is 0 Å². The van der Waals surface area contributed by atoms with E-state index in [0.717, 1.165) is 50.5 Å². The zero-order valence-corrected chi connectivity index (χ0v) is 13.0. The summed E-state index contributed by atoms with van der Waals surface area (Å²) in [5.41, 5.74) is 2.27. The van der Waals surface area contributed by atoms with Crippen LogP contribution < -0.4 is 5.32 Å². The molecule has 1 aliphatic heterocycles. The summed E-state index contributed by atoms with van der Waals surface area (Å²) in [4.78, 5) is 18.7. The highest BCUT2D eigenvalue weighted by molar-refractivity contribution is 5.94. The van der Waals surface area contributed by atoms with Gasteiger partial charge in [-0.1, -0.05) is 0 Å². The Balaban J connectivity index is 1.43. The first-order valence-electron chi connectivity index (χ1n) is 7.86. The fourth-order valence-electron chi connectivity index (χ4n) is 2.52. The van der Waals surface area contributed by atoms with Gasteiger partial charge in [0, 0.05) is 37.6 Å². The quantitative estimate of drug-likeness (QED) is 0.775. The van der Waals surface area contributed by atoms with Crippen LogP contribution in [-0.4, -0.2) is 65.4 Å². The molecule has 0 spiro atoms. The molecular weight excluding hydrogens is 294 g/mol. The van der Waals surface area contributed by atoms with Crippen LogP contribution in [0.2, 0.25) is 0 Å². The smallest absolute Gasteiger partial charge is 0.252 e. The molecule has 7 nitrogen and oxygen atoms in total. The molecule has 2 N–H and O–H groups in total.